The SMILES string of the molecule is C=CC[NH2+]C[C@@H](O)COc1ccc(OC)cc1C(C)(C)C. The molecule has 0 spiro atoms. The van der Waals surface area contributed by atoms with Crippen LogP contribution in [0.3, 0.4) is 0 Å². The van der Waals surface area contributed by atoms with Crippen molar-refractivity contribution in [3.8, 4) is 11.5 Å². The number of ether oxygens (including phenoxy) is 2. The summed E-state index contributed by atoms with van der Waals surface area (Å²) in [4.78, 5) is 0. The zero-order valence-electron chi connectivity index (χ0n) is 13.6. The van der Waals surface area contributed by atoms with Gasteiger partial charge in [0, 0.05) is 5.56 Å². The number of quaternary nitrogens is 1. The molecule has 0 aliphatic rings. The van der Waals surface area contributed by atoms with Crippen molar-refractivity contribution in [2.75, 3.05) is 26.8 Å². The largest absolute Gasteiger partial charge is 0.497 e. The van der Waals surface area contributed by atoms with Gasteiger partial charge >= 0.3 is 0 Å². The van der Waals surface area contributed by atoms with E-state index in [-0.39, 0.29) is 12.0 Å². The molecule has 0 heterocycles. The van der Waals surface area contributed by atoms with Gasteiger partial charge in [0.05, 0.1) is 13.7 Å². The van der Waals surface area contributed by atoms with Crippen LogP contribution in [0.15, 0.2) is 30.9 Å². The first-order valence-corrected chi connectivity index (χ1v) is 7.30. The van der Waals surface area contributed by atoms with Gasteiger partial charge in [-0.05, 0) is 29.7 Å². The summed E-state index contributed by atoms with van der Waals surface area (Å²) in [5, 5.41) is 11.9. The molecule has 1 aromatic carbocycles. The average Bonchev–Trinajstić information content (AvgIpc) is 2.44. The summed E-state index contributed by atoms with van der Waals surface area (Å²) in [6, 6.07) is 5.77. The second-order valence-electron chi connectivity index (χ2n) is 6.13. The lowest BCUT2D eigenvalue weighted by atomic mass is 9.86. The van der Waals surface area contributed by atoms with Gasteiger partial charge in [0.25, 0.3) is 0 Å². The van der Waals surface area contributed by atoms with Crippen LogP contribution in [0.4, 0.5) is 0 Å². The van der Waals surface area contributed by atoms with Gasteiger partial charge in [-0.1, -0.05) is 27.4 Å². The standard InChI is InChI=1S/C17H27NO3/c1-6-9-18-11-13(19)12-21-16-8-7-14(20-5)10-15(16)17(2,3)4/h6-8,10,13,18-19H,1,9,11-12H2,2-5H3/p+1/t13-/m1/s1. The van der Waals surface area contributed by atoms with Gasteiger partial charge in [-0.25, -0.2) is 0 Å². The molecular formula is C17H28NO3+. The van der Waals surface area contributed by atoms with Gasteiger partial charge in [0.2, 0.25) is 0 Å². The van der Waals surface area contributed by atoms with Crippen LogP contribution in [0, 0.1) is 0 Å². The van der Waals surface area contributed by atoms with E-state index in [4.69, 9.17) is 9.47 Å². The highest BCUT2D eigenvalue weighted by Gasteiger charge is 2.20. The van der Waals surface area contributed by atoms with E-state index in [1.54, 1.807) is 7.11 Å². The van der Waals surface area contributed by atoms with Gasteiger partial charge in [0.1, 0.15) is 30.8 Å². The van der Waals surface area contributed by atoms with Crippen molar-refractivity contribution in [2.24, 2.45) is 0 Å². The van der Waals surface area contributed by atoms with E-state index in [2.05, 4.69) is 27.4 Å². The lowest BCUT2D eigenvalue weighted by Crippen LogP contribution is -2.86. The minimum Gasteiger partial charge on any atom is -0.497 e. The third-order valence-corrected chi connectivity index (χ3v) is 3.20. The van der Waals surface area contributed by atoms with Crippen molar-refractivity contribution in [3.63, 3.8) is 0 Å². The first-order valence-electron chi connectivity index (χ1n) is 7.30. The van der Waals surface area contributed by atoms with Crippen LogP contribution < -0.4 is 14.8 Å². The number of hydrogen-bond donors (Lipinski definition) is 2. The zero-order valence-corrected chi connectivity index (χ0v) is 13.6. The van der Waals surface area contributed by atoms with Crippen molar-refractivity contribution in [3.05, 3.63) is 36.4 Å². The smallest absolute Gasteiger partial charge is 0.137 e. The Balaban J connectivity index is 2.72. The Bertz CT molecular complexity index is 452. The molecule has 0 amide bonds. The zero-order chi connectivity index (χ0) is 15.9. The van der Waals surface area contributed by atoms with Crippen LogP contribution in [0.1, 0.15) is 26.3 Å². The summed E-state index contributed by atoms with van der Waals surface area (Å²) < 4.78 is 11.1. The van der Waals surface area contributed by atoms with Crippen LogP contribution >= 0.6 is 0 Å². The van der Waals surface area contributed by atoms with Crippen molar-refractivity contribution < 1.29 is 19.9 Å². The Morgan fingerprint density at radius 1 is 1.38 bits per heavy atom. The number of nitrogens with two attached hydrogens (primary N) is 1. The van der Waals surface area contributed by atoms with Crippen molar-refractivity contribution in [1.29, 1.82) is 0 Å². The molecule has 0 saturated carbocycles. The molecule has 1 aromatic rings. The molecule has 0 bridgehead atoms. The highest BCUT2D eigenvalue weighted by Crippen LogP contribution is 2.34. The molecule has 0 aliphatic heterocycles. The lowest BCUT2D eigenvalue weighted by Gasteiger charge is -2.24. The van der Waals surface area contributed by atoms with E-state index in [0.717, 1.165) is 23.6 Å². The molecule has 4 heteroatoms. The molecule has 0 saturated heterocycles. The van der Waals surface area contributed by atoms with Crippen LogP contribution in [0.2, 0.25) is 0 Å². The quantitative estimate of drug-likeness (QED) is 0.564. The fraction of sp³-hybridized carbons (Fsp3) is 0.529. The second-order valence-corrected chi connectivity index (χ2v) is 6.13. The Labute approximate surface area is 127 Å². The predicted octanol–water partition coefficient (Wildman–Crippen LogP) is 1.48. The number of rotatable bonds is 8. The highest BCUT2D eigenvalue weighted by atomic mass is 16.5. The summed E-state index contributed by atoms with van der Waals surface area (Å²) in [7, 11) is 1.65. The van der Waals surface area contributed by atoms with Gasteiger partial charge in [-0.2, -0.15) is 0 Å². The maximum Gasteiger partial charge on any atom is 0.137 e. The lowest BCUT2D eigenvalue weighted by molar-refractivity contribution is -0.652. The normalized spacial score (nSPS) is 12.8. The van der Waals surface area contributed by atoms with Crippen LogP contribution in [0.25, 0.3) is 0 Å². The van der Waals surface area contributed by atoms with E-state index >= 15 is 0 Å². The van der Waals surface area contributed by atoms with Crippen molar-refractivity contribution in [1.82, 2.24) is 0 Å². The van der Waals surface area contributed by atoms with Crippen molar-refractivity contribution in [2.45, 2.75) is 32.3 Å². The number of aliphatic hydroxyl groups excluding tert-OH is 1. The van der Waals surface area contributed by atoms with Crippen LogP contribution in [0.5, 0.6) is 11.5 Å². The minimum absolute atomic E-state index is 0.0518. The first kappa shape index (κ1) is 17.5. The fourth-order valence-electron chi connectivity index (χ4n) is 2.01. The number of methoxy groups -OCH3 is 1. The number of hydrogen-bond acceptors (Lipinski definition) is 3. The second kappa shape index (κ2) is 8.05. The Kier molecular flexibility index (Phi) is 6.72. The first-order chi connectivity index (χ1) is 9.88. The molecule has 4 nitrogen and oxygen atoms in total. The predicted molar refractivity (Wildman–Crippen MR) is 85.1 cm³/mol. The topological polar surface area (TPSA) is 55.3 Å². The summed E-state index contributed by atoms with van der Waals surface area (Å²) in [5.41, 5.74) is 1.02. The van der Waals surface area contributed by atoms with Gasteiger partial charge in [-0.15, -0.1) is 0 Å². The Morgan fingerprint density at radius 2 is 2.10 bits per heavy atom. The van der Waals surface area contributed by atoms with E-state index in [0.29, 0.717) is 6.54 Å². The molecule has 118 valence electrons. The van der Waals surface area contributed by atoms with E-state index < -0.39 is 6.10 Å². The average molecular weight is 294 g/mol. The number of benzene rings is 1. The van der Waals surface area contributed by atoms with Crippen LogP contribution in [-0.2, 0) is 5.41 Å². The molecule has 3 N–H and O–H groups in total. The third kappa shape index (κ3) is 5.78. The molecule has 0 unspecified atom stereocenters. The van der Waals surface area contributed by atoms with E-state index in [1.807, 2.05) is 29.6 Å². The molecule has 0 radical (unpaired) electrons. The maximum atomic E-state index is 9.92. The van der Waals surface area contributed by atoms with Gasteiger partial charge in [0.15, 0.2) is 0 Å². The summed E-state index contributed by atoms with van der Waals surface area (Å²) in [5.74, 6) is 1.61. The highest BCUT2D eigenvalue weighted by molar-refractivity contribution is 5.44. The van der Waals surface area contributed by atoms with E-state index in [1.165, 1.54) is 0 Å². The molecule has 0 aromatic heterocycles. The maximum absolute atomic E-state index is 9.92. The molecular weight excluding hydrogens is 266 g/mol. The fourth-order valence-corrected chi connectivity index (χ4v) is 2.01. The minimum atomic E-state index is -0.500. The molecule has 0 aliphatic carbocycles. The molecule has 1 rings (SSSR count). The van der Waals surface area contributed by atoms with Gasteiger partial charge in [-0.3, -0.25) is 0 Å². The van der Waals surface area contributed by atoms with E-state index in [9.17, 15) is 5.11 Å². The third-order valence-electron chi connectivity index (χ3n) is 3.20. The van der Waals surface area contributed by atoms with Crippen molar-refractivity contribution >= 4 is 0 Å². The van der Waals surface area contributed by atoms with Gasteiger partial charge < -0.3 is 19.9 Å². The Morgan fingerprint density at radius 3 is 2.67 bits per heavy atom. The Hall–Kier alpha value is -1.52. The summed E-state index contributed by atoms with van der Waals surface area (Å²) in [6.07, 6.45) is 1.31. The molecule has 1 atom stereocenters. The van der Waals surface area contributed by atoms with Crippen LogP contribution in [-0.4, -0.2) is 38.0 Å². The number of aliphatic hydroxyl groups is 1. The summed E-state index contributed by atoms with van der Waals surface area (Å²) in [6.45, 7) is 11.7. The monoisotopic (exact) mass is 294 g/mol. The molecule has 0 fully saturated rings. The summed E-state index contributed by atoms with van der Waals surface area (Å²) >= 11 is 0. The molecule has 21 heavy (non-hydrogen) atoms.